The van der Waals surface area contributed by atoms with Crippen molar-refractivity contribution in [2.24, 2.45) is 0 Å². The average Bonchev–Trinajstić information content (AvgIpc) is 3.11. The first kappa shape index (κ1) is 18.2. The van der Waals surface area contributed by atoms with E-state index in [0.29, 0.717) is 17.5 Å². The van der Waals surface area contributed by atoms with Crippen LogP contribution in [0.4, 0.5) is 0 Å². The van der Waals surface area contributed by atoms with Gasteiger partial charge < -0.3 is 4.57 Å². The fourth-order valence-electron chi connectivity index (χ4n) is 3.53. The van der Waals surface area contributed by atoms with Crippen LogP contribution in [0.2, 0.25) is 0 Å². The molecule has 3 nitrogen and oxygen atoms in total. The van der Waals surface area contributed by atoms with Crippen molar-refractivity contribution in [3.63, 3.8) is 0 Å². The van der Waals surface area contributed by atoms with Crippen molar-refractivity contribution >= 4 is 32.6 Å². The number of carbonyl (C=O) groups excluding carboxylic acids is 1. The number of hydrogen-bond donors (Lipinski definition) is 0. The highest BCUT2D eigenvalue weighted by molar-refractivity contribution is 9.10. The van der Waals surface area contributed by atoms with Crippen molar-refractivity contribution in [1.82, 2.24) is 4.57 Å². The van der Waals surface area contributed by atoms with E-state index in [-0.39, 0.29) is 11.8 Å². The highest BCUT2D eigenvalue weighted by Gasteiger charge is 2.21. The van der Waals surface area contributed by atoms with Crippen molar-refractivity contribution < 1.29 is 4.79 Å². The molecule has 0 radical (unpaired) electrons. The summed E-state index contributed by atoms with van der Waals surface area (Å²) in [6.07, 6.45) is 2.17. The zero-order valence-electron chi connectivity index (χ0n) is 15.0. The lowest BCUT2D eigenvalue weighted by molar-refractivity contribution is 0.0970. The van der Waals surface area contributed by atoms with Crippen molar-refractivity contribution in [3.8, 4) is 6.07 Å². The van der Waals surface area contributed by atoms with E-state index < -0.39 is 0 Å². The van der Waals surface area contributed by atoms with Gasteiger partial charge in [-0.2, -0.15) is 5.26 Å². The summed E-state index contributed by atoms with van der Waals surface area (Å²) in [7, 11) is 0. The second-order valence-electron chi connectivity index (χ2n) is 6.64. The third-order valence-electron chi connectivity index (χ3n) is 4.93. The van der Waals surface area contributed by atoms with E-state index in [2.05, 4.69) is 26.6 Å². The van der Waals surface area contributed by atoms with Crippen molar-refractivity contribution in [3.05, 3.63) is 106 Å². The van der Waals surface area contributed by atoms with E-state index in [1.54, 1.807) is 0 Å². The minimum Gasteiger partial charge on any atom is -0.338 e. The maximum Gasteiger partial charge on any atom is 0.165 e. The molecule has 1 heterocycles. The second kappa shape index (κ2) is 7.84. The number of benzene rings is 3. The molecule has 3 aromatic carbocycles. The van der Waals surface area contributed by atoms with Crippen LogP contribution in [0.5, 0.6) is 0 Å². The molecule has 0 fully saturated rings. The van der Waals surface area contributed by atoms with Gasteiger partial charge in [0.05, 0.1) is 11.6 Å². The van der Waals surface area contributed by atoms with E-state index in [1.807, 2.05) is 85.1 Å². The van der Waals surface area contributed by atoms with Gasteiger partial charge in [0.25, 0.3) is 0 Å². The quantitative estimate of drug-likeness (QED) is 0.358. The standard InChI is InChI=1S/C24H17BrN2O/c25-20-12-10-18(11-13-20)24(28)14-23(17-6-2-1-3-7-17)27-16-19(15-26)21-8-4-5-9-22(21)27/h1-13,16,23H,14H2. The summed E-state index contributed by atoms with van der Waals surface area (Å²) in [4.78, 5) is 13.0. The Balaban J connectivity index is 1.81. The Morgan fingerprint density at radius 1 is 0.964 bits per heavy atom. The van der Waals surface area contributed by atoms with E-state index in [0.717, 1.165) is 20.9 Å². The Bertz CT molecular complexity index is 1170. The lowest BCUT2D eigenvalue weighted by Gasteiger charge is -2.20. The minimum atomic E-state index is -0.190. The molecule has 0 aliphatic heterocycles. The molecular weight excluding hydrogens is 412 g/mol. The van der Waals surface area contributed by atoms with E-state index in [1.165, 1.54) is 0 Å². The van der Waals surface area contributed by atoms with E-state index >= 15 is 0 Å². The van der Waals surface area contributed by atoms with Gasteiger partial charge in [-0.05, 0) is 23.8 Å². The highest BCUT2D eigenvalue weighted by Crippen LogP contribution is 2.31. The molecule has 0 saturated heterocycles. The summed E-state index contributed by atoms with van der Waals surface area (Å²) < 4.78 is 3.00. The van der Waals surface area contributed by atoms with Crippen molar-refractivity contribution in [2.75, 3.05) is 0 Å². The maximum atomic E-state index is 13.0. The highest BCUT2D eigenvalue weighted by atomic mass is 79.9. The number of para-hydroxylation sites is 1. The molecule has 1 unspecified atom stereocenters. The Labute approximate surface area is 172 Å². The molecule has 0 bridgehead atoms. The number of carbonyl (C=O) groups is 1. The third-order valence-corrected chi connectivity index (χ3v) is 5.45. The second-order valence-corrected chi connectivity index (χ2v) is 7.56. The van der Waals surface area contributed by atoms with Gasteiger partial charge in [0.15, 0.2) is 5.78 Å². The minimum absolute atomic E-state index is 0.0673. The van der Waals surface area contributed by atoms with Crippen LogP contribution in [-0.4, -0.2) is 10.4 Å². The van der Waals surface area contributed by atoms with Crippen molar-refractivity contribution in [1.29, 1.82) is 5.26 Å². The van der Waals surface area contributed by atoms with Gasteiger partial charge >= 0.3 is 0 Å². The lowest BCUT2D eigenvalue weighted by atomic mass is 9.97. The largest absolute Gasteiger partial charge is 0.338 e. The third kappa shape index (κ3) is 3.49. The molecule has 4 aromatic rings. The molecule has 1 aromatic heterocycles. The summed E-state index contributed by atoms with van der Waals surface area (Å²) >= 11 is 3.41. The molecule has 0 saturated carbocycles. The molecule has 0 aliphatic rings. The zero-order chi connectivity index (χ0) is 19.5. The van der Waals surface area contributed by atoms with Crippen LogP contribution in [0.15, 0.2) is 89.5 Å². The first-order chi connectivity index (χ1) is 13.7. The van der Waals surface area contributed by atoms with Crippen LogP contribution < -0.4 is 0 Å². The van der Waals surface area contributed by atoms with E-state index in [4.69, 9.17) is 0 Å². The van der Waals surface area contributed by atoms with Gasteiger partial charge in [-0.3, -0.25) is 4.79 Å². The van der Waals surface area contributed by atoms with Gasteiger partial charge in [-0.1, -0.05) is 76.6 Å². The fraction of sp³-hybridized carbons (Fsp3) is 0.0833. The molecule has 0 amide bonds. The summed E-state index contributed by atoms with van der Waals surface area (Å²) in [5, 5.41) is 10.5. The van der Waals surface area contributed by atoms with Crippen LogP contribution in [-0.2, 0) is 0 Å². The van der Waals surface area contributed by atoms with Gasteiger partial charge in [-0.15, -0.1) is 0 Å². The van der Waals surface area contributed by atoms with Gasteiger partial charge in [0, 0.05) is 33.6 Å². The zero-order valence-corrected chi connectivity index (χ0v) is 16.6. The van der Waals surface area contributed by atoms with Gasteiger partial charge in [-0.25, -0.2) is 0 Å². The number of rotatable bonds is 5. The number of fused-ring (bicyclic) bond motifs is 1. The summed E-state index contributed by atoms with van der Waals surface area (Å²) in [5.74, 6) is 0.0673. The number of hydrogen-bond acceptors (Lipinski definition) is 2. The lowest BCUT2D eigenvalue weighted by Crippen LogP contribution is -2.15. The number of halogens is 1. The van der Waals surface area contributed by atoms with Gasteiger partial charge in [0.1, 0.15) is 6.07 Å². The molecule has 0 spiro atoms. The van der Waals surface area contributed by atoms with Crippen LogP contribution in [0.25, 0.3) is 10.9 Å². The normalized spacial score (nSPS) is 11.9. The van der Waals surface area contributed by atoms with Crippen LogP contribution in [0.3, 0.4) is 0 Å². The van der Waals surface area contributed by atoms with Gasteiger partial charge in [0.2, 0.25) is 0 Å². The molecule has 4 heteroatoms. The van der Waals surface area contributed by atoms with E-state index in [9.17, 15) is 10.1 Å². The van der Waals surface area contributed by atoms with Crippen LogP contribution >= 0.6 is 15.9 Å². The SMILES string of the molecule is N#Cc1cn(C(CC(=O)c2ccc(Br)cc2)c2ccccc2)c2ccccc12. The molecule has 28 heavy (non-hydrogen) atoms. The Kier molecular flexibility index (Phi) is 5.10. The number of Topliss-reactive ketones (excluding diaryl/α,β-unsaturated/α-hetero) is 1. The molecule has 136 valence electrons. The number of nitrogens with zero attached hydrogens (tertiary/aromatic N) is 2. The average molecular weight is 429 g/mol. The molecule has 1 atom stereocenters. The van der Waals surface area contributed by atoms with Crippen LogP contribution in [0, 0.1) is 11.3 Å². The first-order valence-corrected chi connectivity index (χ1v) is 9.80. The Hall–Kier alpha value is -3.16. The van der Waals surface area contributed by atoms with Crippen molar-refractivity contribution in [2.45, 2.75) is 12.5 Å². The maximum absolute atomic E-state index is 13.0. The number of nitriles is 1. The number of aromatic nitrogens is 1. The predicted octanol–water partition coefficient (Wildman–Crippen LogP) is 6.14. The molecule has 0 aliphatic carbocycles. The Morgan fingerprint density at radius 2 is 1.64 bits per heavy atom. The monoisotopic (exact) mass is 428 g/mol. The summed E-state index contributed by atoms with van der Waals surface area (Å²) in [5.41, 5.74) is 3.29. The Morgan fingerprint density at radius 3 is 2.36 bits per heavy atom. The first-order valence-electron chi connectivity index (χ1n) is 9.01. The molecule has 4 rings (SSSR count). The summed E-state index contributed by atoms with van der Waals surface area (Å²) in [6.45, 7) is 0. The molecule has 0 N–H and O–H groups in total. The molecular formula is C24H17BrN2O. The summed E-state index contributed by atoms with van der Waals surface area (Å²) in [6, 6.07) is 27.3. The predicted molar refractivity (Wildman–Crippen MR) is 114 cm³/mol. The fourth-order valence-corrected chi connectivity index (χ4v) is 3.80. The number of ketones is 1. The topological polar surface area (TPSA) is 45.8 Å². The smallest absolute Gasteiger partial charge is 0.165 e. The van der Waals surface area contributed by atoms with Crippen LogP contribution in [0.1, 0.15) is 33.9 Å².